The van der Waals surface area contributed by atoms with Gasteiger partial charge in [-0.05, 0) is 65.7 Å². The predicted molar refractivity (Wildman–Crippen MR) is 203 cm³/mol. The molecule has 0 fully saturated rings. The first-order valence-corrected chi connectivity index (χ1v) is 16.7. The molecule has 0 saturated heterocycles. The maximum atomic E-state index is 6.66. The van der Waals surface area contributed by atoms with Crippen LogP contribution >= 0.6 is 0 Å². The monoisotopic (exact) mass is 642 g/mol. The van der Waals surface area contributed by atoms with E-state index in [0.717, 1.165) is 93.9 Å². The summed E-state index contributed by atoms with van der Waals surface area (Å²) in [6.45, 7) is 0. The maximum absolute atomic E-state index is 6.66. The summed E-state index contributed by atoms with van der Waals surface area (Å²) < 4.78 is 19.6. The van der Waals surface area contributed by atoms with Crippen LogP contribution in [0.4, 0.5) is 17.1 Å². The zero-order chi connectivity index (χ0) is 32.8. The van der Waals surface area contributed by atoms with Gasteiger partial charge in [0.15, 0.2) is 5.58 Å². The van der Waals surface area contributed by atoms with E-state index < -0.39 is 0 Å². The molecule has 3 heterocycles. The van der Waals surface area contributed by atoms with Crippen LogP contribution in [0.5, 0.6) is 0 Å². The van der Waals surface area contributed by atoms with Gasteiger partial charge in [-0.2, -0.15) is 0 Å². The molecule has 0 aliphatic heterocycles. The van der Waals surface area contributed by atoms with Crippen molar-refractivity contribution >= 4 is 82.8 Å². The number of fused-ring (bicyclic) bond motifs is 6. The number of rotatable bonds is 5. The lowest BCUT2D eigenvalue weighted by atomic mass is 9.99. The maximum Gasteiger partial charge on any atom is 0.227 e. The van der Waals surface area contributed by atoms with Crippen LogP contribution in [0.1, 0.15) is 0 Å². The largest absolute Gasteiger partial charge is 0.456 e. The first kappa shape index (κ1) is 27.1. The van der Waals surface area contributed by atoms with Gasteiger partial charge in [-0.1, -0.05) is 91.0 Å². The van der Waals surface area contributed by atoms with Crippen LogP contribution < -0.4 is 4.90 Å². The first-order valence-electron chi connectivity index (χ1n) is 16.7. The quantitative estimate of drug-likeness (QED) is 0.175. The molecule has 8 aromatic carbocycles. The van der Waals surface area contributed by atoms with Crippen molar-refractivity contribution in [2.75, 3.05) is 4.90 Å². The van der Waals surface area contributed by atoms with E-state index in [9.17, 15) is 0 Å². The number of benzene rings is 8. The van der Waals surface area contributed by atoms with E-state index in [0.29, 0.717) is 5.89 Å². The molecule has 11 aromatic rings. The number of aromatic nitrogens is 1. The van der Waals surface area contributed by atoms with Crippen molar-refractivity contribution in [1.29, 1.82) is 0 Å². The van der Waals surface area contributed by atoms with Gasteiger partial charge in [0.25, 0.3) is 0 Å². The topological polar surface area (TPSA) is 55.6 Å². The smallest absolute Gasteiger partial charge is 0.227 e. The minimum absolute atomic E-state index is 0.594. The molecule has 0 aliphatic carbocycles. The lowest BCUT2D eigenvalue weighted by Gasteiger charge is -2.26. The van der Waals surface area contributed by atoms with E-state index in [4.69, 9.17) is 18.2 Å². The highest BCUT2D eigenvalue weighted by molar-refractivity contribution is 6.32. The van der Waals surface area contributed by atoms with E-state index in [-0.39, 0.29) is 0 Å². The number of hydrogen-bond donors (Lipinski definition) is 0. The van der Waals surface area contributed by atoms with Gasteiger partial charge in [0.05, 0.1) is 5.69 Å². The molecule has 50 heavy (non-hydrogen) atoms. The Morgan fingerprint density at radius 2 is 1.00 bits per heavy atom. The van der Waals surface area contributed by atoms with Crippen LogP contribution in [0.25, 0.3) is 88.3 Å². The second kappa shape index (κ2) is 10.3. The van der Waals surface area contributed by atoms with Crippen LogP contribution in [-0.4, -0.2) is 4.98 Å². The van der Waals surface area contributed by atoms with E-state index in [2.05, 4.69) is 95.9 Å². The fourth-order valence-corrected chi connectivity index (χ4v) is 7.56. The number of para-hydroxylation sites is 1. The average Bonchev–Trinajstić information content (AvgIpc) is 3.89. The van der Waals surface area contributed by atoms with Crippen molar-refractivity contribution in [3.8, 4) is 22.6 Å². The lowest BCUT2D eigenvalue weighted by Crippen LogP contribution is -2.10. The van der Waals surface area contributed by atoms with E-state index in [1.807, 2.05) is 66.7 Å². The molecule has 0 saturated carbocycles. The third-order valence-electron chi connectivity index (χ3n) is 9.84. The zero-order valence-corrected chi connectivity index (χ0v) is 26.6. The van der Waals surface area contributed by atoms with Gasteiger partial charge < -0.3 is 18.2 Å². The summed E-state index contributed by atoms with van der Waals surface area (Å²) in [7, 11) is 0. The van der Waals surface area contributed by atoms with Gasteiger partial charge in [0.1, 0.15) is 27.8 Å². The van der Waals surface area contributed by atoms with Gasteiger partial charge in [0.2, 0.25) is 5.89 Å². The molecule has 0 amide bonds. The van der Waals surface area contributed by atoms with Crippen LogP contribution in [-0.2, 0) is 0 Å². The fraction of sp³-hybridized carbons (Fsp3) is 0. The highest BCUT2D eigenvalue weighted by Crippen LogP contribution is 2.47. The summed E-state index contributed by atoms with van der Waals surface area (Å²) in [5, 5.41) is 6.26. The number of oxazole rings is 1. The van der Waals surface area contributed by atoms with Gasteiger partial charge in [-0.15, -0.1) is 0 Å². The zero-order valence-electron chi connectivity index (χ0n) is 26.6. The molecule has 0 N–H and O–H groups in total. The highest BCUT2D eigenvalue weighted by Gasteiger charge is 2.25. The number of nitrogens with zero attached hydrogens (tertiary/aromatic N) is 2. The Hall–Kier alpha value is -6.85. The number of furan rings is 2. The predicted octanol–water partition coefficient (Wildman–Crippen LogP) is 13.0. The SMILES string of the molecule is c1ccc(-c2ccc(N(c3ccc4c(c3)oc3ccccc34)c3cc4oc5cccc6c7nc(-c8ccccc8)oc7c(c3)c4c56)cc2)cc1. The standard InChI is InChI=1S/C45H26N2O3/c1-3-10-27(11-4-1)28-18-20-30(21-19-28)47(31-22-23-34-33-14-7-8-16-37(33)48-39(34)25-31)32-24-36-42-40(26-32)49-38-17-9-15-35(41(38)42)43-44(36)50-45(46-43)29-12-5-2-6-13-29/h1-26H. The Kier molecular flexibility index (Phi) is 5.60. The van der Waals surface area contributed by atoms with Crippen LogP contribution in [0.3, 0.4) is 0 Å². The Morgan fingerprint density at radius 1 is 0.380 bits per heavy atom. The highest BCUT2D eigenvalue weighted by atomic mass is 16.4. The second-order valence-corrected chi connectivity index (χ2v) is 12.7. The lowest BCUT2D eigenvalue weighted by molar-refractivity contribution is 0.623. The molecule has 0 spiro atoms. The van der Waals surface area contributed by atoms with E-state index in [1.54, 1.807) is 0 Å². The third-order valence-corrected chi connectivity index (χ3v) is 9.84. The minimum Gasteiger partial charge on any atom is -0.456 e. The molecule has 0 radical (unpaired) electrons. The molecular formula is C45H26N2O3. The summed E-state index contributed by atoms with van der Waals surface area (Å²) in [4.78, 5) is 7.32. The van der Waals surface area contributed by atoms with Gasteiger partial charge >= 0.3 is 0 Å². The summed E-state index contributed by atoms with van der Waals surface area (Å²) in [6.07, 6.45) is 0. The number of anilines is 3. The minimum atomic E-state index is 0.594. The molecule has 11 rings (SSSR count). The second-order valence-electron chi connectivity index (χ2n) is 12.7. The van der Waals surface area contributed by atoms with Crippen molar-refractivity contribution in [2.24, 2.45) is 0 Å². The van der Waals surface area contributed by atoms with E-state index in [1.165, 1.54) is 5.56 Å². The molecule has 5 heteroatoms. The van der Waals surface area contributed by atoms with E-state index >= 15 is 0 Å². The molecule has 0 unspecified atom stereocenters. The van der Waals surface area contributed by atoms with Crippen molar-refractivity contribution in [3.05, 3.63) is 158 Å². The molecule has 0 bridgehead atoms. The van der Waals surface area contributed by atoms with Gasteiger partial charge in [0, 0.05) is 61.4 Å². The fourth-order valence-electron chi connectivity index (χ4n) is 7.56. The third kappa shape index (κ3) is 3.98. The molecule has 3 aromatic heterocycles. The van der Waals surface area contributed by atoms with Crippen molar-refractivity contribution in [2.45, 2.75) is 0 Å². The van der Waals surface area contributed by atoms with Gasteiger partial charge in [-0.25, -0.2) is 4.98 Å². The van der Waals surface area contributed by atoms with Gasteiger partial charge in [-0.3, -0.25) is 0 Å². The molecule has 234 valence electrons. The van der Waals surface area contributed by atoms with Crippen molar-refractivity contribution in [1.82, 2.24) is 4.98 Å². The Labute approximate surface area is 285 Å². The molecular weight excluding hydrogens is 617 g/mol. The summed E-state index contributed by atoms with van der Waals surface area (Å²) in [6, 6.07) is 54.3. The van der Waals surface area contributed by atoms with Crippen LogP contribution in [0, 0.1) is 0 Å². The Morgan fingerprint density at radius 3 is 1.84 bits per heavy atom. The molecule has 0 aliphatic rings. The van der Waals surface area contributed by atoms with Crippen molar-refractivity contribution < 1.29 is 13.3 Å². The normalized spacial score (nSPS) is 12.0. The summed E-state index contributed by atoms with van der Waals surface area (Å²) in [5.74, 6) is 0.594. The number of hydrogen-bond acceptors (Lipinski definition) is 5. The molecule has 5 nitrogen and oxygen atoms in total. The Bertz CT molecular complexity index is 3030. The Balaban J connectivity index is 1.18. The summed E-state index contributed by atoms with van der Waals surface area (Å²) in [5.41, 5.74) is 11.0. The average molecular weight is 643 g/mol. The van der Waals surface area contributed by atoms with Crippen LogP contribution in [0.15, 0.2) is 171 Å². The first-order chi connectivity index (χ1) is 24.8. The van der Waals surface area contributed by atoms with Crippen LogP contribution in [0.2, 0.25) is 0 Å². The molecule has 0 atom stereocenters. The van der Waals surface area contributed by atoms with Crippen molar-refractivity contribution in [3.63, 3.8) is 0 Å². The summed E-state index contributed by atoms with van der Waals surface area (Å²) >= 11 is 0.